The number of unbranched alkanes of at least 4 members (excludes halogenated alkanes) is 20. The molecule has 0 bridgehead atoms. The molecule has 0 saturated heterocycles. The third kappa shape index (κ3) is 15.4. The molecule has 0 radical (unpaired) electrons. The van der Waals surface area contributed by atoms with E-state index in [1.807, 2.05) is 68.0 Å². The van der Waals surface area contributed by atoms with Crippen LogP contribution < -0.4 is 9.47 Å². The van der Waals surface area contributed by atoms with Crippen molar-refractivity contribution in [1.29, 1.82) is 0 Å². The molecule has 1 aliphatic heterocycles. The van der Waals surface area contributed by atoms with Crippen LogP contribution in [0.2, 0.25) is 0 Å². The molecule has 7 aromatic heterocycles. The number of thiophene rings is 7. The van der Waals surface area contributed by atoms with E-state index in [-0.39, 0.29) is 0 Å². The predicted octanol–water partition coefficient (Wildman–Crippen LogP) is 23.3. The molecule has 7 aromatic rings. The van der Waals surface area contributed by atoms with Crippen molar-refractivity contribution in [2.45, 2.75) is 207 Å². The van der Waals surface area contributed by atoms with Crippen molar-refractivity contribution in [2.24, 2.45) is 0 Å². The highest BCUT2D eigenvalue weighted by Gasteiger charge is 2.30. The molecule has 8 rings (SSSR count). The number of carbonyl (C=O) groups is 1. The molecule has 0 atom stereocenters. The Hall–Kier alpha value is -2.83. The van der Waals surface area contributed by atoms with E-state index in [2.05, 4.69) is 81.6 Å². The Morgan fingerprint density at radius 3 is 1.16 bits per heavy atom. The molecular weight excluding hydrogens is 1030 g/mol. The first kappa shape index (κ1) is 56.4. The largest absolute Gasteiger partial charge is 0.485 e. The van der Waals surface area contributed by atoms with Crippen LogP contribution >= 0.6 is 79.4 Å². The minimum absolute atomic E-state index is 0.568. The van der Waals surface area contributed by atoms with Gasteiger partial charge in [0.25, 0.3) is 0 Å². The number of rotatable bonds is 35. The zero-order valence-electron chi connectivity index (χ0n) is 44.6. The molecule has 0 fully saturated rings. The standard InChI is InChI=1S/C63H82O3S7/c1-5-9-13-17-21-25-29-45-37-40-67-58(45)50-33-34-52(69-50)60-47(31-27-23-19-15-11-7-3)42-54(71-60)62-56-57(66-39-38-65-56)63(73-62)55-43-48(32-28-24-20-16-12-8-4)61(72-55)53-36-35-51(70-53)59-46(41-49(44-64)68-59)30-26-22-18-14-10-6-2/h33-37,40-44H,5-32,38-39H2,1-4H3. The van der Waals surface area contributed by atoms with Crippen LogP contribution in [-0.4, -0.2) is 19.5 Å². The van der Waals surface area contributed by atoms with Crippen LogP contribution in [0.25, 0.3) is 58.5 Å². The summed E-state index contributed by atoms with van der Waals surface area (Å²) in [6, 6.07) is 19.1. The van der Waals surface area contributed by atoms with Crippen molar-refractivity contribution >= 4 is 85.6 Å². The SMILES string of the molecule is CCCCCCCCc1ccsc1-c1ccc(-c2sc(-c3sc(-c4cc(CCCCCCCC)c(-c5ccc(-c6sc(C=O)cc6CCCCCCCC)s5)s4)c4c3OCCO4)cc2CCCCCCCC)s1. The van der Waals surface area contributed by atoms with E-state index in [9.17, 15) is 4.79 Å². The first-order valence-electron chi connectivity index (χ1n) is 28.6. The molecule has 73 heavy (non-hydrogen) atoms. The van der Waals surface area contributed by atoms with Crippen LogP contribution in [0.1, 0.15) is 214 Å². The van der Waals surface area contributed by atoms with Gasteiger partial charge in [-0.2, -0.15) is 0 Å². The van der Waals surface area contributed by atoms with E-state index < -0.39 is 0 Å². The first-order chi connectivity index (χ1) is 36.0. The monoisotopic (exact) mass is 1110 g/mol. The molecule has 0 saturated carbocycles. The Balaban J connectivity index is 1.10. The molecule has 0 N–H and O–H groups in total. The minimum Gasteiger partial charge on any atom is -0.485 e. The van der Waals surface area contributed by atoms with Gasteiger partial charge in [-0.15, -0.1) is 79.4 Å². The molecule has 8 heterocycles. The summed E-state index contributed by atoms with van der Waals surface area (Å²) in [6.45, 7) is 10.3. The molecule has 0 spiro atoms. The fraction of sp³-hybridized carbons (Fsp3) is 0.540. The zero-order valence-corrected chi connectivity index (χ0v) is 50.3. The number of hydrogen-bond acceptors (Lipinski definition) is 10. The van der Waals surface area contributed by atoms with Gasteiger partial charge in [0, 0.05) is 48.8 Å². The summed E-state index contributed by atoms with van der Waals surface area (Å²) in [5.74, 6) is 1.86. The fourth-order valence-electron chi connectivity index (χ4n) is 10.3. The summed E-state index contributed by atoms with van der Waals surface area (Å²) < 4.78 is 13.3. The van der Waals surface area contributed by atoms with Crippen molar-refractivity contribution in [3.63, 3.8) is 0 Å². The summed E-state index contributed by atoms with van der Waals surface area (Å²) >= 11 is 13.3. The molecule has 1 aliphatic rings. The van der Waals surface area contributed by atoms with Crippen LogP contribution in [0, 0.1) is 0 Å². The van der Waals surface area contributed by atoms with Gasteiger partial charge in [-0.25, -0.2) is 0 Å². The Morgan fingerprint density at radius 2 is 0.740 bits per heavy atom. The molecule has 0 amide bonds. The second-order valence-electron chi connectivity index (χ2n) is 20.3. The molecule has 0 unspecified atom stereocenters. The lowest BCUT2D eigenvalue weighted by molar-refractivity contribution is 0.112. The first-order valence-corrected chi connectivity index (χ1v) is 34.3. The van der Waals surface area contributed by atoms with Crippen LogP contribution in [0.5, 0.6) is 11.5 Å². The zero-order chi connectivity index (χ0) is 50.6. The highest BCUT2D eigenvalue weighted by atomic mass is 32.1. The quantitative estimate of drug-likeness (QED) is 0.0293. The van der Waals surface area contributed by atoms with Crippen LogP contribution in [0.4, 0.5) is 0 Å². The van der Waals surface area contributed by atoms with E-state index in [0.717, 1.165) is 41.9 Å². The lowest BCUT2D eigenvalue weighted by atomic mass is 10.0. The van der Waals surface area contributed by atoms with Crippen LogP contribution in [0.15, 0.2) is 53.9 Å². The number of aryl methyl sites for hydroxylation is 4. The van der Waals surface area contributed by atoms with E-state index in [1.54, 1.807) is 11.3 Å². The maximum Gasteiger partial charge on any atom is 0.181 e. The Bertz CT molecular complexity index is 2710. The van der Waals surface area contributed by atoms with Crippen molar-refractivity contribution in [1.82, 2.24) is 0 Å². The highest BCUT2D eigenvalue weighted by molar-refractivity contribution is 7.31. The van der Waals surface area contributed by atoms with E-state index >= 15 is 0 Å². The van der Waals surface area contributed by atoms with Gasteiger partial charge < -0.3 is 9.47 Å². The van der Waals surface area contributed by atoms with E-state index in [0.29, 0.717) is 13.2 Å². The summed E-state index contributed by atoms with van der Waals surface area (Å²) in [7, 11) is 0. The van der Waals surface area contributed by atoms with Gasteiger partial charge in [0.05, 0.1) is 14.6 Å². The number of hydrogen-bond donors (Lipinski definition) is 0. The van der Waals surface area contributed by atoms with Gasteiger partial charge in [0.2, 0.25) is 0 Å². The third-order valence-corrected chi connectivity index (χ3v) is 23.3. The second-order valence-corrected chi connectivity index (χ2v) is 27.6. The van der Waals surface area contributed by atoms with Crippen LogP contribution in [-0.2, 0) is 25.7 Å². The summed E-state index contributed by atoms with van der Waals surface area (Å²) in [5, 5.41) is 2.31. The van der Waals surface area contributed by atoms with E-state index in [1.165, 1.54) is 241 Å². The predicted molar refractivity (Wildman–Crippen MR) is 329 cm³/mol. The highest BCUT2D eigenvalue weighted by Crippen LogP contribution is 2.58. The van der Waals surface area contributed by atoms with Crippen LogP contribution in [0.3, 0.4) is 0 Å². The van der Waals surface area contributed by atoms with Gasteiger partial charge in [-0.3, -0.25) is 4.79 Å². The van der Waals surface area contributed by atoms with Crippen molar-refractivity contribution in [2.75, 3.05) is 13.2 Å². The van der Waals surface area contributed by atoms with Crippen molar-refractivity contribution in [3.05, 3.63) is 81.0 Å². The maximum atomic E-state index is 12.1. The molecule has 0 aliphatic carbocycles. The average molecular weight is 1110 g/mol. The number of fused-ring (bicyclic) bond motifs is 1. The fourth-order valence-corrected chi connectivity index (χ4v) is 18.7. The molecule has 394 valence electrons. The van der Waals surface area contributed by atoms with Crippen molar-refractivity contribution in [3.8, 4) is 70.0 Å². The van der Waals surface area contributed by atoms with E-state index in [4.69, 9.17) is 9.47 Å². The van der Waals surface area contributed by atoms with Gasteiger partial charge in [-0.05, 0) is 128 Å². The lowest BCUT2D eigenvalue weighted by Gasteiger charge is -2.16. The number of ether oxygens (including phenoxy) is 2. The number of aldehydes is 1. The molecule has 0 aromatic carbocycles. The van der Waals surface area contributed by atoms with Gasteiger partial charge in [0.1, 0.15) is 13.2 Å². The maximum absolute atomic E-state index is 12.1. The van der Waals surface area contributed by atoms with Gasteiger partial charge >= 0.3 is 0 Å². The number of carbonyl (C=O) groups excluding carboxylic acids is 1. The Morgan fingerprint density at radius 1 is 0.370 bits per heavy atom. The normalized spacial score (nSPS) is 12.4. The summed E-state index contributed by atoms with van der Waals surface area (Å²) in [4.78, 5) is 29.0. The Labute approximate surface area is 467 Å². The minimum atomic E-state index is 0.568. The lowest BCUT2D eigenvalue weighted by Crippen LogP contribution is -2.14. The van der Waals surface area contributed by atoms with Gasteiger partial charge in [-0.1, -0.05) is 156 Å². The topological polar surface area (TPSA) is 35.5 Å². The van der Waals surface area contributed by atoms with Gasteiger partial charge in [0.15, 0.2) is 17.8 Å². The van der Waals surface area contributed by atoms with Crippen molar-refractivity contribution < 1.29 is 14.3 Å². The summed E-state index contributed by atoms with van der Waals surface area (Å²) in [5.41, 5.74) is 5.80. The summed E-state index contributed by atoms with van der Waals surface area (Å²) in [6.07, 6.45) is 36.6. The molecular formula is C63H82O3S7. The Kier molecular flexibility index (Phi) is 23.3. The smallest absolute Gasteiger partial charge is 0.181 e. The molecule has 3 nitrogen and oxygen atoms in total. The average Bonchev–Trinajstić information content (AvgIpc) is 4.28. The third-order valence-electron chi connectivity index (χ3n) is 14.5. The second kappa shape index (κ2) is 30.2. The molecule has 10 heteroatoms.